The fourth-order valence-electron chi connectivity index (χ4n) is 4.27. The highest BCUT2D eigenvalue weighted by molar-refractivity contribution is 5.94. The van der Waals surface area contributed by atoms with Gasteiger partial charge in [-0.25, -0.2) is 0 Å². The van der Waals surface area contributed by atoms with Crippen LogP contribution in [0.4, 0.5) is 0 Å². The molecule has 2 atom stereocenters. The number of hydrogen-bond acceptors (Lipinski definition) is 5. The topological polar surface area (TPSA) is 80.8 Å². The zero-order chi connectivity index (χ0) is 18.0. The van der Waals surface area contributed by atoms with Gasteiger partial charge in [-0.05, 0) is 25.0 Å². The molecule has 0 aromatic carbocycles. The van der Waals surface area contributed by atoms with Gasteiger partial charge in [-0.1, -0.05) is 6.42 Å². The van der Waals surface area contributed by atoms with Crippen molar-refractivity contribution in [2.45, 2.75) is 43.9 Å². The Morgan fingerprint density at radius 3 is 2.50 bits per heavy atom. The third-order valence-electron chi connectivity index (χ3n) is 5.74. The van der Waals surface area contributed by atoms with E-state index in [0.29, 0.717) is 31.9 Å². The van der Waals surface area contributed by atoms with E-state index in [1.54, 1.807) is 24.5 Å². The summed E-state index contributed by atoms with van der Waals surface area (Å²) in [4.78, 5) is 31.3. The smallest absolute Gasteiger partial charge is 0.251 e. The first-order valence-electron chi connectivity index (χ1n) is 9.44. The first-order chi connectivity index (χ1) is 12.7. The molecule has 1 aliphatic carbocycles. The maximum Gasteiger partial charge on any atom is 0.251 e. The molecule has 0 radical (unpaired) electrons. The van der Waals surface area contributed by atoms with Crippen LogP contribution in [0.5, 0.6) is 0 Å². The number of rotatable bonds is 3. The molecule has 1 aromatic rings. The van der Waals surface area contributed by atoms with Crippen molar-refractivity contribution in [3.63, 3.8) is 0 Å². The summed E-state index contributed by atoms with van der Waals surface area (Å²) in [6.07, 6.45) is 7.28. The van der Waals surface area contributed by atoms with Crippen LogP contribution in [0, 0.1) is 5.92 Å². The number of pyridine rings is 1. The van der Waals surface area contributed by atoms with Crippen molar-refractivity contribution in [3.05, 3.63) is 30.1 Å². The molecule has 2 aliphatic heterocycles. The van der Waals surface area contributed by atoms with E-state index >= 15 is 0 Å². The first-order valence-corrected chi connectivity index (χ1v) is 9.44. The molecule has 26 heavy (non-hydrogen) atoms. The van der Waals surface area contributed by atoms with Crippen molar-refractivity contribution in [2.75, 3.05) is 26.3 Å². The summed E-state index contributed by atoms with van der Waals surface area (Å²) in [5.41, 5.74) is 0.577. The molecule has 4 rings (SSSR count). The molecule has 3 fully saturated rings. The monoisotopic (exact) mass is 359 g/mol. The van der Waals surface area contributed by atoms with Crippen LogP contribution >= 0.6 is 0 Å². The number of piperidine rings is 1. The minimum absolute atomic E-state index is 0.0990. The van der Waals surface area contributed by atoms with Crippen molar-refractivity contribution in [3.8, 4) is 0 Å². The number of carbonyl (C=O) groups excluding carboxylic acids is 2. The molecule has 3 heterocycles. The Balaban J connectivity index is 1.36. The van der Waals surface area contributed by atoms with Gasteiger partial charge in [0.25, 0.3) is 5.91 Å². The van der Waals surface area contributed by atoms with Crippen LogP contribution in [0.2, 0.25) is 0 Å². The number of amides is 2. The number of aromatic nitrogens is 1. The average molecular weight is 359 g/mol. The summed E-state index contributed by atoms with van der Waals surface area (Å²) < 4.78 is 11.5. The molecule has 1 aromatic heterocycles. The predicted octanol–water partition coefficient (Wildman–Crippen LogP) is 1.35. The van der Waals surface area contributed by atoms with Crippen molar-refractivity contribution in [2.24, 2.45) is 5.92 Å². The molecule has 1 saturated carbocycles. The summed E-state index contributed by atoms with van der Waals surface area (Å²) in [5, 5.41) is 3.05. The molecule has 7 nitrogen and oxygen atoms in total. The van der Waals surface area contributed by atoms with E-state index in [4.69, 9.17) is 9.47 Å². The van der Waals surface area contributed by atoms with Gasteiger partial charge in [-0.3, -0.25) is 14.6 Å². The Morgan fingerprint density at radius 2 is 1.81 bits per heavy atom. The van der Waals surface area contributed by atoms with Crippen LogP contribution in [0.3, 0.4) is 0 Å². The molecular formula is C19H25N3O4. The molecule has 2 amide bonds. The SMILES string of the molecule is O=C(NC1CCCC1C(=O)N1CCC2(CC1)OCCO2)c1ccncc1. The number of ether oxygens (including phenoxy) is 2. The van der Waals surface area contributed by atoms with Gasteiger partial charge < -0.3 is 19.7 Å². The number of carbonyl (C=O) groups is 2. The Labute approximate surface area is 153 Å². The Bertz CT molecular complexity index is 650. The Morgan fingerprint density at radius 1 is 1.12 bits per heavy atom. The van der Waals surface area contributed by atoms with E-state index < -0.39 is 5.79 Å². The van der Waals surface area contributed by atoms with E-state index in [2.05, 4.69) is 10.3 Å². The van der Waals surface area contributed by atoms with Gasteiger partial charge in [0.2, 0.25) is 5.91 Å². The van der Waals surface area contributed by atoms with Gasteiger partial charge in [0.1, 0.15) is 0 Å². The normalized spacial score (nSPS) is 27.6. The fraction of sp³-hybridized carbons (Fsp3) is 0.632. The van der Waals surface area contributed by atoms with Gasteiger partial charge >= 0.3 is 0 Å². The highest BCUT2D eigenvalue weighted by Crippen LogP contribution is 2.34. The summed E-state index contributed by atoms with van der Waals surface area (Å²) in [6.45, 7) is 2.58. The maximum absolute atomic E-state index is 13.0. The lowest BCUT2D eigenvalue weighted by Gasteiger charge is -2.39. The quantitative estimate of drug-likeness (QED) is 0.881. The van der Waals surface area contributed by atoms with E-state index in [0.717, 1.165) is 32.1 Å². The van der Waals surface area contributed by atoms with Crippen LogP contribution in [0.15, 0.2) is 24.5 Å². The lowest BCUT2D eigenvalue weighted by molar-refractivity contribution is -0.188. The fourth-order valence-corrected chi connectivity index (χ4v) is 4.27. The molecule has 7 heteroatoms. The van der Waals surface area contributed by atoms with E-state index in [-0.39, 0.29) is 23.8 Å². The first kappa shape index (κ1) is 17.4. The third-order valence-corrected chi connectivity index (χ3v) is 5.74. The van der Waals surface area contributed by atoms with Crippen LogP contribution < -0.4 is 5.32 Å². The second-order valence-corrected chi connectivity index (χ2v) is 7.29. The molecule has 2 saturated heterocycles. The van der Waals surface area contributed by atoms with Crippen LogP contribution in [-0.2, 0) is 14.3 Å². The van der Waals surface area contributed by atoms with Gasteiger partial charge in [0.15, 0.2) is 5.79 Å². The zero-order valence-corrected chi connectivity index (χ0v) is 14.9. The zero-order valence-electron chi connectivity index (χ0n) is 14.9. The third kappa shape index (κ3) is 3.46. The molecule has 3 aliphatic rings. The summed E-state index contributed by atoms with van der Waals surface area (Å²) in [5.74, 6) is -0.598. The molecule has 0 bridgehead atoms. The second kappa shape index (κ2) is 7.32. The molecule has 1 N–H and O–H groups in total. The summed E-state index contributed by atoms with van der Waals surface area (Å²) in [7, 11) is 0. The molecule has 140 valence electrons. The second-order valence-electron chi connectivity index (χ2n) is 7.29. The van der Waals surface area contributed by atoms with Gasteiger partial charge in [-0.2, -0.15) is 0 Å². The highest BCUT2D eigenvalue weighted by atomic mass is 16.7. The van der Waals surface area contributed by atoms with Crippen molar-refractivity contribution in [1.82, 2.24) is 15.2 Å². The van der Waals surface area contributed by atoms with Crippen LogP contribution in [-0.4, -0.2) is 59.8 Å². The standard InChI is InChI=1S/C19H25N3O4/c23-17(14-4-8-20-9-5-14)21-16-3-1-2-15(16)18(24)22-10-6-19(7-11-22)25-12-13-26-19/h4-5,8-9,15-16H,1-3,6-7,10-13H2,(H,21,23). The minimum Gasteiger partial charge on any atom is -0.349 e. The van der Waals surface area contributed by atoms with Crippen molar-refractivity contribution >= 4 is 11.8 Å². The molecule has 2 unspecified atom stereocenters. The van der Waals surface area contributed by atoms with Gasteiger partial charge in [0, 0.05) is 49.9 Å². The van der Waals surface area contributed by atoms with E-state index in [1.807, 2.05) is 4.90 Å². The summed E-state index contributed by atoms with van der Waals surface area (Å²) >= 11 is 0. The predicted molar refractivity (Wildman–Crippen MR) is 93.3 cm³/mol. The minimum atomic E-state index is -0.471. The van der Waals surface area contributed by atoms with Crippen molar-refractivity contribution in [1.29, 1.82) is 0 Å². The van der Waals surface area contributed by atoms with Crippen LogP contribution in [0.1, 0.15) is 42.5 Å². The maximum atomic E-state index is 13.0. The largest absolute Gasteiger partial charge is 0.349 e. The van der Waals surface area contributed by atoms with Gasteiger partial charge in [0.05, 0.1) is 19.1 Å². The number of nitrogens with zero attached hydrogens (tertiary/aromatic N) is 2. The van der Waals surface area contributed by atoms with Gasteiger partial charge in [-0.15, -0.1) is 0 Å². The average Bonchev–Trinajstić information content (AvgIpc) is 3.32. The highest BCUT2D eigenvalue weighted by Gasteiger charge is 2.43. The van der Waals surface area contributed by atoms with E-state index in [1.165, 1.54) is 0 Å². The molecular weight excluding hydrogens is 334 g/mol. The lowest BCUT2D eigenvalue weighted by atomic mass is 9.97. The number of hydrogen-bond donors (Lipinski definition) is 1. The Kier molecular flexibility index (Phi) is 4.91. The lowest BCUT2D eigenvalue weighted by Crippen LogP contribution is -2.51. The number of nitrogens with one attached hydrogen (secondary N) is 1. The Hall–Kier alpha value is -1.99. The van der Waals surface area contributed by atoms with Crippen LogP contribution in [0.25, 0.3) is 0 Å². The van der Waals surface area contributed by atoms with Crippen molar-refractivity contribution < 1.29 is 19.1 Å². The summed E-state index contributed by atoms with van der Waals surface area (Å²) in [6, 6.07) is 3.28. The molecule has 1 spiro atoms. The van der Waals surface area contributed by atoms with E-state index in [9.17, 15) is 9.59 Å². The number of likely N-dealkylation sites (tertiary alicyclic amines) is 1.